The number of carbonyl (C=O) groups excluding carboxylic acids is 1. The molecule has 122 valence electrons. The van der Waals surface area contributed by atoms with E-state index in [1.165, 1.54) is 0 Å². The summed E-state index contributed by atoms with van der Waals surface area (Å²) in [6, 6.07) is 4.09. The number of nitrogens with one attached hydrogen (secondary N) is 1. The van der Waals surface area contributed by atoms with Crippen molar-refractivity contribution >= 4 is 17.7 Å². The first-order valence-corrected chi connectivity index (χ1v) is 8.66. The van der Waals surface area contributed by atoms with Gasteiger partial charge in [-0.1, -0.05) is 41.5 Å². The first kappa shape index (κ1) is 17.2. The molecule has 0 aromatic heterocycles. The number of amides is 1. The number of benzene rings is 1. The van der Waals surface area contributed by atoms with E-state index in [0.29, 0.717) is 11.5 Å². The monoisotopic (exact) mass is 321 g/mol. The van der Waals surface area contributed by atoms with Crippen LogP contribution in [-0.4, -0.2) is 16.8 Å². The molecule has 2 N–H and O–H groups in total. The molecule has 3 nitrogen and oxygen atoms in total. The summed E-state index contributed by atoms with van der Waals surface area (Å²) in [5.41, 5.74) is 2.58. The molecule has 1 heterocycles. The summed E-state index contributed by atoms with van der Waals surface area (Å²) in [6.07, 6.45) is 0. The molecule has 0 radical (unpaired) electrons. The van der Waals surface area contributed by atoms with E-state index in [0.717, 1.165) is 16.7 Å². The first-order valence-electron chi connectivity index (χ1n) is 7.68. The molecule has 22 heavy (non-hydrogen) atoms. The second-order valence-corrected chi connectivity index (χ2v) is 9.68. The van der Waals surface area contributed by atoms with Crippen molar-refractivity contribution < 1.29 is 9.90 Å². The summed E-state index contributed by atoms with van der Waals surface area (Å²) in [7, 11) is 0. The standard InChI is InChI=1S/C18H27NO2S/c1-16(2,3)12-8-11(18(7)19-14(20)10-22-18)9-13(15(12)21)17(4,5)6/h8-9,21H,10H2,1-7H3,(H,19,20). The van der Waals surface area contributed by atoms with Crippen LogP contribution in [-0.2, 0) is 20.5 Å². The van der Waals surface area contributed by atoms with Gasteiger partial charge in [0.2, 0.25) is 5.91 Å². The Morgan fingerprint density at radius 2 is 1.55 bits per heavy atom. The molecule has 1 aliphatic heterocycles. The van der Waals surface area contributed by atoms with E-state index in [4.69, 9.17) is 0 Å². The van der Waals surface area contributed by atoms with Gasteiger partial charge in [-0.05, 0) is 46.6 Å². The third-order valence-electron chi connectivity index (χ3n) is 4.15. The van der Waals surface area contributed by atoms with Gasteiger partial charge in [-0.2, -0.15) is 0 Å². The van der Waals surface area contributed by atoms with E-state index in [9.17, 15) is 9.90 Å². The van der Waals surface area contributed by atoms with Gasteiger partial charge in [0.25, 0.3) is 0 Å². The van der Waals surface area contributed by atoms with E-state index in [2.05, 4.69) is 46.9 Å². The minimum absolute atomic E-state index is 0.0650. The van der Waals surface area contributed by atoms with Gasteiger partial charge < -0.3 is 10.4 Å². The molecule has 0 aliphatic carbocycles. The SMILES string of the molecule is CC(C)(C)c1cc(C2(C)NC(=O)CS2)cc(C(C)(C)C)c1O. The van der Waals surface area contributed by atoms with Crippen molar-refractivity contribution in [3.8, 4) is 5.75 Å². The van der Waals surface area contributed by atoms with Crippen LogP contribution in [0.1, 0.15) is 65.2 Å². The Morgan fingerprint density at radius 3 is 1.86 bits per heavy atom. The Kier molecular flexibility index (Phi) is 4.06. The number of aromatic hydroxyl groups is 1. The van der Waals surface area contributed by atoms with Crippen molar-refractivity contribution in [3.63, 3.8) is 0 Å². The summed E-state index contributed by atoms with van der Waals surface area (Å²) < 4.78 is 0. The Balaban J connectivity index is 2.69. The fraction of sp³-hybridized carbons (Fsp3) is 0.611. The van der Waals surface area contributed by atoms with Gasteiger partial charge in [-0.3, -0.25) is 4.79 Å². The number of phenols is 1. The smallest absolute Gasteiger partial charge is 0.231 e. The second kappa shape index (κ2) is 5.19. The third-order valence-corrected chi connectivity index (χ3v) is 5.47. The van der Waals surface area contributed by atoms with Crippen LogP contribution < -0.4 is 5.32 Å². The predicted molar refractivity (Wildman–Crippen MR) is 93.5 cm³/mol. The minimum atomic E-state index is -0.426. The van der Waals surface area contributed by atoms with Gasteiger partial charge in [0.15, 0.2) is 0 Å². The van der Waals surface area contributed by atoms with Gasteiger partial charge >= 0.3 is 0 Å². The number of hydrogen-bond donors (Lipinski definition) is 2. The topological polar surface area (TPSA) is 49.3 Å². The van der Waals surface area contributed by atoms with E-state index < -0.39 is 4.87 Å². The Morgan fingerprint density at radius 1 is 1.09 bits per heavy atom. The summed E-state index contributed by atoms with van der Waals surface area (Å²) in [4.78, 5) is 11.3. The van der Waals surface area contributed by atoms with Crippen molar-refractivity contribution in [2.75, 3.05) is 5.75 Å². The number of phenolic OH excluding ortho intramolecular Hbond substituents is 1. The van der Waals surface area contributed by atoms with Crippen molar-refractivity contribution in [2.24, 2.45) is 0 Å². The molecule has 2 rings (SSSR count). The van der Waals surface area contributed by atoms with Crippen LogP contribution >= 0.6 is 11.8 Å². The maximum atomic E-state index is 11.7. The quantitative estimate of drug-likeness (QED) is 0.821. The molecule has 0 saturated carbocycles. The maximum absolute atomic E-state index is 11.7. The summed E-state index contributed by atoms with van der Waals surface area (Å²) in [6.45, 7) is 14.6. The molecule has 0 spiro atoms. The minimum Gasteiger partial charge on any atom is -0.507 e. The van der Waals surface area contributed by atoms with Crippen molar-refractivity contribution in [2.45, 2.75) is 64.2 Å². The highest BCUT2D eigenvalue weighted by molar-refractivity contribution is 8.01. The molecule has 1 fully saturated rings. The molecule has 1 atom stereocenters. The lowest BCUT2D eigenvalue weighted by Gasteiger charge is -2.32. The Labute approximate surface area is 137 Å². The molecule has 1 aliphatic rings. The number of hydrogen-bond acceptors (Lipinski definition) is 3. The first-order chi connectivity index (χ1) is 9.84. The highest BCUT2D eigenvalue weighted by Crippen LogP contribution is 2.45. The summed E-state index contributed by atoms with van der Waals surface area (Å²) in [5, 5.41) is 13.8. The van der Waals surface area contributed by atoms with Crippen LogP contribution in [0.4, 0.5) is 0 Å². The zero-order valence-electron chi connectivity index (χ0n) is 14.6. The number of carbonyl (C=O) groups is 1. The Hall–Kier alpha value is -1.16. The second-order valence-electron chi connectivity index (χ2n) is 8.29. The molecule has 1 amide bonds. The molecule has 1 aromatic rings. The highest BCUT2D eigenvalue weighted by Gasteiger charge is 2.38. The van der Waals surface area contributed by atoms with E-state index in [1.54, 1.807) is 11.8 Å². The zero-order chi connectivity index (χ0) is 16.9. The van der Waals surface area contributed by atoms with Crippen LogP contribution in [0.3, 0.4) is 0 Å². The molecule has 1 saturated heterocycles. The number of thioether (sulfide) groups is 1. The lowest BCUT2D eigenvalue weighted by molar-refractivity contribution is -0.118. The van der Waals surface area contributed by atoms with Crippen LogP contribution in [0.15, 0.2) is 12.1 Å². The van der Waals surface area contributed by atoms with Gasteiger partial charge in [-0.15, -0.1) is 11.8 Å². The lowest BCUT2D eigenvalue weighted by Crippen LogP contribution is -2.34. The van der Waals surface area contributed by atoms with E-state index >= 15 is 0 Å². The maximum Gasteiger partial charge on any atom is 0.231 e. The average Bonchev–Trinajstić information content (AvgIpc) is 2.67. The van der Waals surface area contributed by atoms with Crippen LogP contribution in [0.5, 0.6) is 5.75 Å². The normalized spacial score (nSPS) is 22.8. The van der Waals surface area contributed by atoms with Crippen LogP contribution in [0.2, 0.25) is 0 Å². The summed E-state index contributed by atoms with van der Waals surface area (Å²) in [5.74, 6) is 0.921. The Bertz CT molecular complexity index is 575. The molecule has 4 heteroatoms. The largest absolute Gasteiger partial charge is 0.507 e. The molecular weight excluding hydrogens is 294 g/mol. The van der Waals surface area contributed by atoms with Gasteiger partial charge in [-0.25, -0.2) is 0 Å². The summed E-state index contributed by atoms with van der Waals surface area (Å²) >= 11 is 1.61. The van der Waals surface area contributed by atoms with Crippen molar-refractivity contribution in [3.05, 3.63) is 28.8 Å². The van der Waals surface area contributed by atoms with E-state index in [1.807, 2.05) is 19.1 Å². The van der Waals surface area contributed by atoms with Crippen molar-refractivity contribution in [1.82, 2.24) is 5.32 Å². The average molecular weight is 321 g/mol. The molecule has 0 bridgehead atoms. The predicted octanol–water partition coefficient (Wildman–Crippen LogP) is 4.02. The molecule has 1 unspecified atom stereocenters. The fourth-order valence-electron chi connectivity index (χ4n) is 2.76. The van der Waals surface area contributed by atoms with Gasteiger partial charge in [0.1, 0.15) is 10.6 Å². The highest BCUT2D eigenvalue weighted by atomic mass is 32.2. The van der Waals surface area contributed by atoms with Crippen LogP contribution in [0.25, 0.3) is 0 Å². The van der Waals surface area contributed by atoms with Crippen LogP contribution in [0, 0.1) is 0 Å². The number of rotatable bonds is 1. The zero-order valence-corrected chi connectivity index (χ0v) is 15.4. The van der Waals surface area contributed by atoms with Gasteiger partial charge in [0, 0.05) is 0 Å². The third kappa shape index (κ3) is 3.12. The van der Waals surface area contributed by atoms with Gasteiger partial charge in [0.05, 0.1) is 5.75 Å². The van der Waals surface area contributed by atoms with E-state index in [-0.39, 0.29) is 16.7 Å². The lowest BCUT2D eigenvalue weighted by atomic mass is 9.77. The van der Waals surface area contributed by atoms with Crippen molar-refractivity contribution in [1.29, 1.82) is 0 Å². The fourth-order valence-corrected chi connectivity index (χ4v) is 3.72. The molecule has 1 aromatic carbocycles. The molecular formula is C18H27NO2S.